The van der Waals surface area contributed by atoms with E-state index in [0.29, 0.717) is 5.92 Å². The molecule has 0 bridgehead atoms. The average Bonchev–Trinajstić information content (AvgIpc) is 1.84. The van der Waals surface area contributed by atoms with Gasteiger partial charge in [-0.15, -0.1) is 0 Å². The molecule has 0 atom stereocenters. The summed E-state index contributed by atoms with van der Waals surface area (Å²) in [5.41, 5.74) is 0.824. The van der Waals surface area contributed by atoms with Gasteiger partial charge in [0.15, 0.2) is 0 Å². The molecule has 0 rings (SSSR count). The fraction of sp³-hybridized carbons (Fsp3) is 0.667. The van der Waals surface area contributed by atoms with E-state index >= 15 is 0 Å². The van der Waals surface area contributed by atoms with E-state index < -0.39 is 0 Å². The molecule has 1 amide bonds. The maximum absolute atomic E-state index is 11.2. The van der Waals surface area contributed by atoms with Crippen molar-refractivity contribution in [2.24, 2.45) is 5.92 Å². The van der Waals surface area contributed by atoms with Gasteiger partial charge in [0.05, 0.1) is 0 Å². The summed E-state index contributed by atoms with van der Waals surface area (Å²) in [4.78, 5) is 12.8. The zero-order valence-electron chi connectivity index (χ0n) is 8.01. The van der Waals surface area contributed by atoms with Crippen molar-refractivity contribution in [3.05, 3.63) is 11.6 Å². The molecule has 0 aliphatic heterocycles. The molecule has 0 fully saturated rings. The number of hydrogen-bond donors (Lipinski definition) is 0. The van der Waals surface area contributed by atoms with Crippen LogP contribution in [0.5, 0.6) is 0 Å². The summed E-state index contributed by atoms with van der Waals surface area (Å²) in [6.07, 6.45) is 1.97. The van der Waals surface area contributed by atoms with Crippen LogP contribution in [0.4, 0.5) is 0 Å². The van der Waals surface area contributed by atoms with E-state index in [2.05, 4.69) is 13.8 Å². The first-order chi connectivity index (χ1) is 4.95. The van der Waals surface area contributed by atoms with Gasteiger partial charge in [0.2, 0.25) is 5.91 Å². The van der Waals surface area contributed by atoms with Gasteiger partial charge in [-0.25, -0.2) is 0 Å². The molecule has 0 heterocycles. The molecule has 11 heavy (non-hydrogen) atoms. The lowest BCUT2D eigenvalue weighted by atomic mass is 10.1. The topological polar surface area (TPSA) is 20.3 Å². The minimum absolute atomic E-state index is 0.0960. The third-order valence-electron chi connectivity index (χ3n) is 1.33. The Morgan fingerprint density at radius 2 is 1.82 bits per heavy atom. The van der Waals surface area contributed by atoms with Crippen molar-refractivity contribution in [1.29, 1.82) is 0 Å². The second-order valence-electron chi connectivity index (χ2n) is 3.29. The van der Waals surface area contributed by atoms with Crippen LogP contribution in [0.1, 0.15) is 20.8 Å². The van der Waals surface area contributed by atoms with Gasteiger partial charge in [0.1, 0.15) is 0 Å². The van der Waals surface area contributed by atoms with Gasteiger partial charge < -0.3 is 4.90 Å². The molecule has 0 aromatic rings. The SMILES string of the molecule is C/C(=C/C(C)C)C(=O)N(C)C. The fourth-order valence-corrected chi connectivity index (χ4v) is 0.924. The number of allylic oxidation sites excluding steroid dienone is 1. The zero-order chi connectivity index (χ0) is 9.02. The molecule has 0 unspecified atom stereocenters. The molecular formula is C9H17NO. The highest BCUT2D eigenvalue weighted by molar-refractivity contribution is 5.92. The quantitative estimate of drug-likeness (QED) is 0.555. The number of rotatable bonds is 2. The molecule has 0 aliphatic carbocycles. The lowest BCUT2D eigenvalue weighted by molar-refractivity contribution is -0.124. The normalized spacial score (nSPS) is 12.0. The van der Waals surface area contributed by atoms with E-state index in [-0.39, 0.29) is 5.91 Å². The van der Waals surface area contributed by atoms with E-state index in [1.54, 1.807) is 19.0 Å². The molecule has 2 nitrogen and oxygen atoms in total. The van der Waals surface area contributed by atoms with E-state index in [1.165, 1.54) is 0 Å². The summed E-state index contributed by atoms with van der Waals surface area (Å²) < 4.78 is 0. The predicted octanol–water partition coefficient (Wildman–Crippen LogP) is 1.68. The van der Waals surface area contributed by atoms with Crippen LogP contribution in [0.2, 0.25) is 0 Å². The Kier molecular flexibility index (Phi) is 3.86. The lowest BCUT2D eigenvalue weighted by Gasteiger charge is -2.10. The van der Waals surface area contributed by atoms with Crippen LogP contribution in [0.3, 0.4) is 0 Å². The largest absolute Gasteiger partial charge is 0.345 e. The lowest BCUT2D eigenvalue weighted by Crippen LogP contribution is -2.22. The van der Waals surface area contributed by atoms with E-state index in [9.17, 15) is 4.79 Å². The number of carbonyl (C=O) groups excluding carboxylic acids is 1. The molecule has 0 N–H and O–H groups in total. The molecule has 0 spiro atoms. The minimum Gasteiger partial charge on any atom is -0.345 e. The van der Waals surface area contributed by atoms with Crippen LogP contribution in [0, 0.1) is 5.92 Å². The molecular weight excluding hydrogens is 138 g/mol. The van der Waals surface area contributed by atoms with Gasteiger partial charge >= 0.3 is 0 Å². The Bertz CT molecular complexity index is 168. The molecule has 0 aliphatic rings. The molecule has 64 valence electrons. The Morgan fingerprint density at radius 1 is 1.36 bits per heavy atom. The van der Waals surface area contributed by atoms with Gasteiger partial charge in [0, 0.05) is 19.7 Å². The van der Waals surface area contributed by atoms with Gasteiger partial charge in [0.25, 0.3) is 0 Å². The van der Waals surface area contributed by atoms with Gasteiger partial charge in [-0.2, -0.15) is 0 Å². The summed E-state index contributed by atoms with van der Waals surface area (Å²) in [5, 5.41) is 0. The van der Waals surface area contributed by atoms with Crippen LogP contribution in [0.25, 0.3) is 0 Å². The Hall–Kier alpha value is -0.790. The molecule has 0 saturated heterocycles. The van der Waals surface area contributed by atoms with Crippen molar-refractivity contribution in [3.8, 4) is 0 Å². The first kappa shape index (κ1) is 10.2. The Labute approximate surface area is 68.9 Å². The molecule has 0 radical (unpaired) electrons. The van der Waals surface area contributed by atoms with Crippen LogP contribution >= 0.6 is 0 Å². The number of amides is 1. The van der Waals surface area contributed by atoms with E-state index in [0.717, 1.165) is 5.57 Å². The van der Waals surface area contributed by atoms with E-state index in [1.807, 2.05) is 13.0 Å². The number of carbonyl (C=O) groups is 1. The van der Waals surface area contributed by atoms with Crippen LogP contribution in [0.15, 0.2) is 11.6 Å². The molecule has 0 aromatic heterocycles. The second kappa shape index (κ2) is 4.16. The molecule has 2 heteroatoms. The van der Waals surface area contributed by atoms with Gasteiger partial charge in [-0.3, -0.25) is 4.79 Å². The fourth-order valence-electron chi connectivity index (χ4n) is 0.924. The van der Waals surface area contributed by atoms with Crippen molar-refractivity contribution in [3.63, 3.8) is 0 Å². The Morgan fingerprint density at radius 3 is 2.09 bits per heavy atom. The van der Waals surface area contributed by atoms with Crippen molar-refractivity contribution in [2.45, 2.75) is 20.8 Å². The summed E-state index contributed by atoms with van der Waals surface area (Å²) >= 11 is 0. The smallest absolute Gasteiger partial charge is 0.248 e. The first-order valence-electron chi connectivity index (χ1n) is 3.85. The summed E-state index contributed by atoms with van der Waals surface area (Å²) in [7, 11) is 3.53. The average molecular weight is 155 g/mol. The number of nitrogens with zero attached hydrogens (tertiary/aromatic N) is 1. The monoisotopic (exact) mass is 155 g/mol. The van der Waals surface area contributed by atoms with Crippen LogP contribution in [-0.2, 0) is 4.79 Å². The maximum Gasteiger partial charge on any atom is 0.248 e. The minimum atomic E-state index is 0.0960. The molecule has 0 aromatic carbocycles. The van der Waals surface area contributed by atoms with Crippen LogP contribution < -0.4 is 0 Å². The van der Waals surface area contributed by atoms with Gasteiger partial charge in [-0.05, 0) is 12.8 Å². The Balaban J connectivity index is 4.24. The third kappa shape index (κ3) is 3.81. The standard InChI is InChI=1S/C9H17NO/c1-7(2)6-8(3)9(11)10(4)5/h6-7H,1-5H3/b8-6-. The maximum atomic E-state index is 11.2. The highest BCUT2D eigenvalue weighted by Gasteiger charge is 2.05. The summed E-state index contributed by atoms with van der Waals surface area (Å²) in [6, 6.07) is 0. The van der Waals surface area contributed by atoms with Crippen molar-refractivity contribution < 1.29 is 4.79 Å². The first-order valence-corrected chi connectivity index (χ1v) is 3.85. The zero-order valence-corrected chi connectivity index (χ0v) is 8.01. The van der Waals surface area contributed by atoms with Crippen molar-refractivity contribution in [2.75, 3.05) is 14.1 Å². The highest BCUT2D eigenvalue weighted by Crippen LogP contribution is 2.03. The number of hydrogen-bond acceptors (Lipinski definition) is 1. The van der Waals surface area contributed by atoms with Crippen molar-refractivity contribution >= 4 is 5.91 Å². The van der Waals surface area contributed by atoms with E-state index in [4.69, 9.17) is 0 Å². The predicted molar refractivity (Wildman–Crippen MR) is 47.3 cm³/mol. The molecule has 0 saturated carbocycles. The second-order valence-corrected chi connectivity index (χ2v) is 3.29. The van der Waals surface area contributed by atoms with Crippen LogP contribution in [-0.4, -0.2) is 24.9 Å². The van der Waals surface area contributed by atoms with Crippen molar-refractivity contribution in [1.82, 2.24) is 4.90 Å². The highest BCUT2D eigenvalue weighted by atomic mass is 16.2. The van der Waals surface area contributed by atoms with Gasteiger partial charge in [-0.1, -0.05) is 19.9 Å². The summed E-state index contributed by atoms with van der Waals surface area (Å²) in [5.74, 6) is 0.539. The summed E-state index contributed by atoms with van der Waals surface area (Å²) in [6.45, 7) is 5.97. The number of likely N-dealkylation sites (N-methyl/N-ethyl adjacent to an activating group) is 1. The third-order valence-corrected chi connectivity index (χ3v) is 1.33.